The van der Waals surface area contributed by atoms with Crippen LogP contribution in [0.25, 0.3) is 0 Å². The Labute approximate surface area is 195 Å². The second-order valence-corrected chi connectivity index (χ2v) is 10.1. The number of hydrogen-bond acceptors (Lipinski definition) is 6. The predicted molar refractivity (Wildman–Crippen MR) is 123 cm³/mol. The second kappa shape index (κ2) is 12.5. The number of likely N-dealkylation sites (tertiary alicyclic amines) is 1. The fourth-order valence-corrected chi connectivity index (χ4v) is 5.08. The van der Waals surface area contributed by atoms with Gasteiger partial charge in [0.2, 0.25) is 0 Å². The van der Waals surface area contributed by atoms with Crippen molar-refractivity contribution in [2.24, 2.45) is 5.73 Å². The molecule has 1 aliphatic rings. The summed E-state index contributed by atoms with van der Waals surface area (Å²) in [6.07, 6.45) is 3.35. The van der Waals surface area contributed by atoms with Crippen molar-refractivity contribution in [1.29, 1.82) is 0 Å². The molecule has 1 aliphatic heterocycles. The molecule has 174 valence electrons. The van der Waals surface area contributed by atoms with E-state index in [2.05, 4.69) is 9.62 Å². The summed E-state index contributed by atoms with van der Waals surface area (Å²) in [5, 5.41) is 28.1. The van der Waals surface area contributed by atoms with E-state index < -0.39 is 29.6 Å². The SMILES string of the molecule is NC(CCCCB(O)O)(CCCN1CCC(NS(=O)c2ccc(Cl)c(Cl)c2)C1)C(=O)O. The number of halogens is 2. The van der Waals surface area contributed by atoms with E-state index >= 15 is 0 Å². The van der Waals surface area contributed by atoms with Crippen LogP contribution in [-0.2, 0) is 15.8 Å². The Morgan fingerprint density at radius 2 is 1.97 bits per heavy atom. The Morgan fingerprint density at radius 1 is 1.26 bits per heavy atom. The number of nitrogens with zero attached hydrogens (tertiary/aromatic N) is 1. The molecule has 0 aliphatic carbocycles. The lowest BCUT2D eigenvalue weighted by molar-refractivity contribution is -0.144. The minimum atomic E-state index is -1.39. The minimum Gasteiger partial charge on any atom is -0.480 e. The lowest BCUT2D eigenvalue weighted by atomic mass is 9.81. The number of carboxylic acids is 1. The molecule has 0 aromatic heterocycles. The number of hydrogen-bond donors (Lipinski definition) is 5. The number of unbranched alkanes of at least 4 members (excludes halogenated alkanes) is 1. The molecule has 8 nitrogen and oxygen atoms in total. The minimum absolute atomic E-state index is 0.0577. The van der Waals surface area contributed by atoms with Crippen LogP contribution < -0.4 is 10.5 Å². The van der Waals surface area contributed by atoms with Gasteiger partial charge in [-0.15, -0.1) is 0 Å². The van der Waals surface area contributed by atoms with Crippen molar-refractivity contribution in [2.45, 2.75) is 61.3 Å². The summed E-state index contributed by atoms with van der Waals surface area (Å²) < 4.78 is 15.6. The molecule has 3 atom stereocenters. The summed E-state index contributed by atoms with van der Waals surface area (Å²) in [7, 11) is -2.77. The molecule has 0 bridgehead atoms. The third-order valence-corrected chi connectivity index (χ3v) is 7.48. The molecule has 12 heteroatoms. The highest BCUT2D eigenvalue weighted by Gasteiger charge is 2.33. The average Bonchev–Trinajstić information content (AvgIpc) is 3.14. The lowest BCUT2D eigenvalue weighted by Gasteiger charge is -2.26. The van der Waals surface area contributed by atoms with E-state index in [9.17, 15) is 14.1 Å². The highest BCUT2D eigenvalue weighted by Crippen LogP contribution is 2.24. The lowest BCUT2D eigenvalue weighted by Crippen LogP contribution is -2.48. The van der Waals surface area contributed by atoms with Gasteiger partial charge < -0.3 is 25.8 Å². The zero-order chi connectivity index (χ0) is 23.0. The molecule has 3 unspecified atom stereocenters. The molecule has 2 rings (SSSR count). The number of carbonyl (C=O) groups is 1. The molecule has 0 saturated carbocycles. The van der Waals surface area contributed by atoms with Crippen molar-refractivity contribution in [2.75, 3.05) is 19.6 Å². The van der Waals surface area contributed by atoms with Crippen LogP contribution in [0.5, 0.6) is 0 Å². The molecule has 0 radical (unpaired) electrons. The van der Waals surface area contributed by atoms with E-state index in [4.69, 9.17) is 39.0 Å². The van der Waals surface area contributed by atoms with Crippen LogP contribution in [0.1, 0.15) is 38.5 Å². The Hall–Kier alpha value is -0.715. The molecule has 0 amide bonds. The fourth-order valence-electron chi connectivity index (χ4n) is 3.67. The molecule has 6 N–H and O–H groups in total. The highest BCUT2D eigenvalue weighted by molar-refractivity contribution is 7.83. The third-order valence-electron chi connectivity index (χ3n) is 5.51. The maximum Gasteiger partial charge on any atom is 0.451 e. The van der Waals surface area contributed by atoms with Gasteiger partial charge in [0.15, 0.2) is 0 Å². The second-order valence-electron chi connectivity index (χ2n) is 8.04. The zero-order valence-corrected chi connectivity index (χ0v) is 19.6. The van der Waals surface area contributed by atoms with Gasteiger partial charge in [-0.1, -0.05) is 36.0 Å². The first-order valence-electron chi connectivity index (χ1n) is 10.3. The van der Waals surface area contributed by atoms with E-state index in [1.807, 2.05) is 0 Å². The van der Waals surface area contributed by atoms with Crippen molar-refractivity contribution in [3.8, 4) is 0 Å². The molecule has 31 heavy (non-hydrogen) atoms. The predicted octanol–water partition coefficient (Wildman–Crippen LogP) is 1.89. The highest BCUT2D eigenvalue weighted by atomic mass is 35.5. The van der Waals surface area contributed by atoms with Crippen LogP contribution in [0, 0.1) is 0 Å². The van der Waals surface area contributed by atoms with Gasteiger partial charge in [-0.25, -0.2) is 8.93 Å². The van der Waals surface area contributed by atoms with Gasteiger partial charge in [-0.2, -0.15) is 0 Å². The summed E-state index contributed by atoms with van der Waals surface area (Å²) in [4.78, 5) is 14.4. The fraction of sp³-hybridized carbons (Fsp3) is 0.632. The smallest absolute Gasteiger partial charge is 0.451 e. The first-order chi connectivity index (χ1) is 14.6. The Morgan fingerprint density at radius 3 is 2.61 bits per heavy atom. The first kappa shape index (κ1) is 26.5. The van der Waals surface area contributed by atoms with E-state index in [1.165, 1.54) is 0 Å². The van der Waals surface area contributed by atoms with Gasteiger partial charge in [0.1, 0.15) is 16.5 Å². The normalized spacial score (nSPS) is 19.8. The quantitative estimate of drug-likeness (QED) is 0.209. The van der Waals surface area contributed by atoms with E-state index in [0.717, 1.165) is 13.0 Å². The Balaban J connectivity index is 1.74. The Kier molecular flexibility index (Phi) is 10.7. The number of carboxylic acid groups (broad SMARTS) is 1. The van der Waals surface area contributed by atoms with Crippen LogP contribution in [0.15, 0.2) is 23.1 Å². The summed E-state index contributed by atoms with van der Waals surface area (Å²) in [5.74, 6) is -1.03. The first-order valence-corrected chi connectivity index (χ1v) is 12.2. The molecule has 1 fully saturated rings. The maximum absolute atomic E-state index is 12.5. The molecule has 0 spiro atoms. The maximum atomic E-state index is 12.5. The van der Waals surface area contributed by atoms with Gasteiger partial charge in [0.05, 0.1) is 14.9 Å². The van der Waals surface area contributed by atoms with E-state index in [1.54, 1.807) is 18.2 Å². The van der Waals surface area contributed by atoms with Gasteiger partial charge in [0, 0.05) is 12.6 Å². The van der Waals surface area contributed by atoms with Gasteiger partial charge >= 0.3 is 13.1 Å². The van der Waals surface area contributed by atoms with Gasteiger partial charge in [-0.05, 0) is 63.3 Å². The van der Waals surface area contributed by atoms with Crippen LogP contribution >= 0.6 is 23.2 Å². The number of nitrogens with two attached hydrogens (primary N) is 1. The van der Waals surface area contributed by atoms with Crippen molar-refractivity contribution in [1.82, 2.24) is 9.62 Å². The zero-order valence-electron chi connectivity index (χ0n) is 17.3. The van der Waals surface area contributed by atoms with Crippen LogP contribution in [0.4, 0.5) is 0 Å². The topological polar surface area (TPSA) is 136 Å². The van der Waals surface area contributed by atoms with E-state index in [0.29, 0.717) is 60.1 Å². The van der Waals surface area contributed by atoms with Gasteiger partial charge in [-0.3, -0.25) is 4.79 Å². The molecular weight excluding hydrogens is 464 g/mol. The third kappa shape index (κ3) is 8.62. The number of aliphatic carboxylic acids is 1. The van der Waals surface area contributed by atoms with Crippen LogP contribution in [0.3, 0.4) is 0 Å². The molecule has 1 saturated heterocycles. The van der Waals surface area contributed by atoms with Crippen molar-refractivity contribution < 1.29 is 24.2 Å². The summed E-state index contributed by atoms with van der Waals surface area (Å²) in [6, 6.07) is 4.95. The largest absolute Gasteiger partial charge is 0.480 e. The number of nitrogens with one attached hydrogen (secondary N) is 1. The van der Waals surface area contributed by atoms with Crippen LogP contribution in [0.2, 0.25) is 16.4 Å². The number of benzene rings is 1. The van der Waals surface area contributed by atoms with Gasteiger partial charge in [0.25, 0.3) is 0 Å². The summed E-state index contributed by atoms with van der Waals surface area (Å²) in [5.41, 5.74) is 4.79. The molecular formula is C19H30BCl2N3O5S. The molecule has 1 aromatic carbocycles. The van der Waals surface area contributed by atoms with Crippen LogP contribution in [-0.4, -0.2) is 68.6 Å². The number of rotatable bonds is 13. The van der Waals surface area contributed by atoms with Crippen molar-refractivity contribution >= 4 is 47.3 Å². The Bertz CT molecular complexity index is 776. The standard InChI is InChI=1S/C19H30BCl2N3O5S/c21-16-5-4-15(12-17(16)22)31(30)24-14-6-11-25(13-14)10-3-8-19(23,18(26)27)7-1-2-9-20(28)29/h4-5,12,14,24,28-29H,1-3,6-11,13,23H2,(H,26,27). The molecule has 1 heterocycles. The van der Waals surface area contributed by atoms with E-state index in [-0.39, 0.29) is 12.4 Å². The van der Waals surface area contributed by atoms with Crippen molar-refractivity contribution in [3.63, 3.8) is 0 Å². The average molecular weight is 494 g/mol. The summed E-state index contributed by atoms with van der Waals surface area (Å²) >= 11 is 11.9. The molecule has 1 aromatic rings. The van der Waals surface area contributed by atoms with Crippen molar-refractivity contribution in [3.05, 3.63) is 28.2 Å². The summed E-state index contributed by atoms with van der Waals surface area (Å²) in [6.45, 7) is 2.25. The monoisotopic (exact) mass is 493 g/mol.